The van der Waals surface area contributed by atoms with Crippen molar-refractivity contribution in [1.29, 1.82) is 0 Å². The molecule has 0 spiro atoms. The molecule has 0 aromatic heterocycles. The SMILES string of the molecule is CCCNC(c1ccc(Br)c(F)c1)C1CCCC1. The zero-order valence-corrected chi connectivity index (χ0v) is 12.5. The molecule has 0 aliphatic heterocycles. The van der Waals surface area contributed by atoms with Gasteiger partial charge in [-0.15, -0.1) is 0 Å². The number of benzene rings is 1. The maximum absolute atomic E-state index is 13.7. The van der Waals surface area contributed by atoms with E-state index in [0.29, 0.717) is 16.4 Å². The predicted molar refractivity (Wildman–Crippen MR) is 77.1 cm³/mol. The summed E-state index contributed by atoms with van der Waals surface area (Å²) in [6.07, 6.45) is 6.27. The van der Waals surface area contributed by atoms with Gasteiger partial charge in [0.25, 0.3) is 0 Å². The van der Waals surface area contributed by atoms with E-state index in [4.69, 9.17) is 0 Å². The highest BCUT2D eigenvalue weighted by Crippen LogP contribution is 2.36. The van der Waals surface area contributed by atoms with Crippen LogP contribution in [0.4, 0.5) is 4.39 Å². The Labute approximate surface area is 117 Å². The summed E-state index contributed by atoms with van der Waals surface area (Å²) in [5, 5.41) is 3.59. The summed E-state index contributed by atoms with van der Waals surface area (Å²) < 4.78 is 14.2. The summed E-state index contributed by atoms with van der Waals surface area (Å²) in [7, 11) is 0. The van der Waals surface area contributed by atoms with Crippen molar-refractivity contribution in [2.75, 3.05) is 6.54 Å². The van der Waals surface area contributed by atoms with Gasteiger partial charge in [0.15, 0.2) is 0 Å². The Morgan fingerprint density at radius 3 is 2.72 bits per heavy atom. The van der Waals surface area contributed by atoms with Crippen LogP contribution in [0.25, 0.3) is 0 Å². The normalized spacial score (nSPS) is 18.2. The van der Waals surface area contributed by atoms with Crippen molar-refractivity contribution in [1.82, 2.24) is 5.32 Å². The van der Waals surface area contributed by atoms with Gasteiger partial charge in [0, 0.05) is 6.04 Å². The monoisotopic (exact) mass is 313 g/mol. The van der Waals surface area contributed by atoms with Crippen molar-refractivity contribution >= 4 is 15.9 Å². The quantitative estimate of drug-likeness (QED) is 0.821. The lowest BCUT2D eigenvalue weighted by Gasteiger charge is -2.25. The minimum Gasteiger partial charge on any atom is -0.310 e. The van der Waals surface area contributed by atoms with Crippen LogP contribution in [0.15, 0.2) is 22.7 Å². The molecule has 18 heavy (non-hydrogen) atoms. The Morgan fingerprint density at radius 2 is 2.11 bits per heavy atom. The molecule has 1 fully saturated rings. The van der Waals surface area contributed by atoms with Gasteiger partial charge in [-0.25, -0.2) is 4.39 Å². The topological polar surface area (TPSA) is 12.0 Å². The van der Waals surface area contributed by atoms with Gasteiger partial charge < -0.3 is 5.32 Å². The van der Waals surface area contributed by atoms with E-state index < -0.39 is 0 Å². The highest BCUT2D eigenvalue weighted by molar-refractivity contribution is 9.10. The Hall–Kier alpha value is -0.410. The lowest BCUT2D eigenvalue weighted by Crippen LogP contribution is -2.28. The molecule has 1 nitrogen and oxygen atoms in total. The van der Waals surface area contributed by atoms with E-state index in [2.05, 4.69) is 28.2 Å². The first kappa shape index (κ1) is 14.0. The molecule has 1 unspecified atom stereocenters. The summed E-state index contributed by atoms with van der Waals surface area (Å²) in [4.78, 5) is 0. The summed E-state index contributed by atoms with van der Waals surface area (Å²) in [5.74, 6) is 0.505. The minimum absolute atomic E-state index is 0.159. The van der Waals surface area contributed by atoms with Crippen molar-refractivity contribution in [3.05, 3.63) is 34.1 Å². The molecule has 1 aromatic carbocycles. The number of nitrogens with one attached hydrogen (secondary N) is 1. The van der Waals surface area contributed by atoms with Crippen molar-refractivity contribution in [3.63, 3.8) is 0 Å². The molecular weight excluding hydrogens is 293 g/mol. The second-order valence-electron chi connectivity index (χ2n) is 5.15. The van der Waals surface area contributed by atoms with Crippen LogP contribution in [-0.2, 0) is 0 Å². The van der Waals surface area contributed by atoms with Gasteiger partial charge in [0.1, 0.15) is 5.82 Å². The zero-order chi connectivity index (χ0) is 13.0. The second kappa shape index (κ2) is 6.67. The first-order valence-corrected chi connectivity index (χ1v) is 7.70. The van der Waals surface area contributed by atoms with Gasteiger partial charge in [-0.05, 0) is 65.4 Å². The molecule has 0 radical (unpaired) electrons. The van der Waals surface area contributed by atoms with Crippen LogP contribution in [0.3, 0.4) is 0 Å². The van der Waals surface area contributed by atoms with Crippen LogP contribution < -0.4 is 5.32 Å². The van der Waals surface area contributed by atoms with E-state index in [1.165, 1.54) is 25.7 Å². The Morgan fingerprint density at radius 1 is 1.39 bits per heavy atom. The smallest absolute Gasteiger partial charge is 0.137 e. The highest BCUT2D eigenvalue weighted by atomic mass is 79.9. The van der Waals surface area contributed by atoms with Crippen molar-refractivity contribution in [2.24, 2.45) is 5.92 Å². The zero-order valence-electron chi connectivity index (χ0n) is 10.9. The first-order valence-electron chi connectivity index (χ1n) is 6.90. The fourth-order valence-electron chi connectivity index (χ4n) is 2.85. The van der Waals surface area contributed by atoms with Crippen LogP contribution in [0, 0.1) is 11.7 Å². The Bertz CT molecular complexity index is 388. The second-order valence-corrected chi connectivity index (χ2v) is 6.00. The van der Waals surface area contributed by atoms with Crippen molar-refractivity contribution in [3.8, 4) is 0 Å². The average Bonchev–Trinajstić information content (AvgIpc) is 2.88. The summed E-state index contributed by atoms with van der Waals surface area (Å²) in [5.41, 5.74) is 1.09. The third-order valence-electron chi connectivity index (χ3n) is 3.79. The number of halogens is 2. The molecule has 1 saturated carbocycles. The maximum atomic E-state index is 13.7. The molecule has 0 amide bonds. The number of hydrogen-bond donors (Lipinski definition) is 1. The van der Waals surface area contributed by atoms with Crippen molar-refractivity contribution < 1.29 is 4.39 Å². The van der Waals surface area contributed by atoms with E-state index in [-0.39, 0.29) is 5.82 Å². The average molecular weight is 314 g/mol. The molecule has 1 atom stereocenters. The molecule has 1 aromatic rings. The molecule has 0 saturated heterocycles. The third kappa shape index (κ3) is 3.33. The van der Waals surface area contributed by atoms with Crippen LogP contribution >= 0.6 is 15.9 Å². The minimum atomic E-state index is -0.159. The van der Waals surface area contributed by atoms with Gasteiger partial charge in [-0.1, -0.05) is 25.8 Å². The highest BCUT2D eigenvalue weighted by Gasteiger charge is 2.26. The van der Waals surface area contributed by atoms with Crippen LogP contribution in [0.2, 0.25) is 0 Å². The molecule has 100 valence electrons. The standard InChI is InChI=1S/C15H21BrFN/c1-2-9-18-15(11-5-3-4-6-11)12-7-8-13(16)14(17)10-12/h7-8,10-11,15,18H,2-6,9H2,1H3. The van der Waals surface area contributed by atoms with E-state index in [1.807, 2.05) is 12.1 Å². The lowest BCUT2D eigenvalue weighted by molar-refractivity contribution is 0.367. The van der Waals surface area contributed by atoms with Gasteiger partial charge >= 0.3 is 0 Å². The van der Waals surface area contributed by atoms with Crippen LogP contribution in [0.5, 0.6) is 0 Å². The van der Waals surface area contributed by atoms with E-state index in [9.17, 15) is 4.39 Å². The van der Waals surface area contributed by atoms with Crippen LogP contribution in [-0.4, -0.2) is 6.54 Å². The summed E-state index contributed by atoms with van der Waals surface area (Å²) in [6, 6.07) is 5.85. The van der Waals surface area contributed by atoms with E-state index in [0.717, 1.165) is 18.5 Å². The fraction of sp³-hybridized carbons (Fsp3) is 0.600. The Kier molecular flexibility index (Phi) is 5.19. The van der Waals surface area contributed by atoms with Gasteiger partial charge in [0.2, 0.25) is 0 Å². The predicted octanol–water partition coefficient (Wildman–Crippen LogP) is 4.82. The number of rotatable bonds is 5. The molecule has 3 heteroatoms. The van der Waals surface area contributed by atoms with Gasteiger partial charge in [-0.2, -0.15) is 0 Å². The molecule has 1 aliphatic carbocycles. The van der Waals surface area contributed by atoms with E-state index in [1.54, 1.807) is 6.07 Å². The Balaban J connectivity index is 2.17. The first-order chi connectivity index (χ1) is 8.72. The lowest BCUT2D eigenvalue weighted by atomic mass is 9.91. The summed E-state index contributed by atoms with van der Waals surface area (Å²) in [6.45, 7) is 3.17. The fourth-order valence-corrected chi connectivity index (χ4v) is 3.10. The molecule has 2 rings (SSSR count). The number of hydrogen-bond acceptors (Lipinski definition) is 1. The molecule has 1 N–H and O–H groups in total. The molecule has 0 heterocycles. The third-order valence-corrected chi connectivity index (χ3v) is 4.43. The molecule has 1 aliphatic rings. The summed E-state index contributed by atoms with van der Waals surface area (Å²) >= 11 is 3.22. The molecule has 0 bridgehead atoms. The van der Waals surface area contributed by atoms with Gasteiger partial charge in [-0.3, -0.25) is 0 Å². The van der Waals surface area contributed by atoms with E-state index >= 15 is 0 Å². The largest absolute Gasteiger partial charge is 0.310 e. The van der Waals surface area contributed by atoms with Gasteiger partial charge in [0.05, 0.1) is 4.47 Å². The molecular formula is C15H21BrFN. The maximum Gasteiger partial charge on any atom is 0.137 e. The van der Waals surface area contributed by atoms with Crippen molar-refractivity contribution in [2.45, 2.75) is 45.1 Å². The van der Waals surface area contributed by atoms with Crippen LogP contribution in [0.1, 0.15) is 50.6 Å².